The molecule has 1 N–H and O–H groups in total. The van der Waals surface area contributed by atoms with Crippen LogP contribution in [0, 0.1) is 12.8 Å². The first kappa shape index (κ1) is 19.9. The molecule has 146 valence electrons. The van der Waals surface area contributed by atoms with E-state index in [9.17, 15) is 4.79 Å². The second-order valence-corrected chi connectivity index (χ2v) is 7.83. The van der Waals surface area contributed by atoms with Crippen LogP contribution < -0.4 is 0 Å². The van der Waals surface area contributed by atoms with Crippen LogP contribution in [-0.2, 0) is 6.54 Å². The normalized spacial score (nSPS) is 15.8. The number of carbonyl (C=O) groups excluding carboxylic acids is 1. The van der Waals surface area contributed by atoms with Gasteiger partial charge in [0.15, 0.2) is 0 Å². The molecule has 6 heteroatoms. The van der Waals surface area contributed by atoms with Crippen molar-refractivity contribution in [1.29, 1.82) is 0 Å². The van der Waals surface area contributed by atoms with Gasteiger partial charge in [-0.1, -0.05) is 36.7 Å². The number of benzene rings is 1. The predicted molar refractivity (Wildman–Crippen MR) is 109 cm³/mol. The summed E-state index contributed by atoms with van der Waals surface area (Å²) in [7, 11) is 0. The van der Waals surface area contributed by atoms with Gasteiger partial charge in [0.1, 0.15) is 5.69 Å². The number of piperidine rings is 1. The van der Waals surface area contributed by atoms with Gasteiger partial charge in [-0.05, 0) is 69.4 Å². The topological polar surface area (TPSA) is 52.2 Å². The quantitative estimate of drug-likeness (QED) is 0.775. The minimum absolute atomic E-state index is 0.0368. The Morgan fingerprint density at radius 3 is 2.70 bits per heavy atom. The predicted octanol–water partition coefficient (Wildman–Crippen LogP) is 4.14. The van der Waals surface area contributed by atoms with Crippen molar-refractivity contribution in [2.75, 3.05) is 26.2 Å². The lowest BCUT2D eigenvalue weighted by Crippen LogP contribution is -2.36. The summed E-state index contributed by atoms with van der Waals surface area (Å²) in [6, 6.07) is 9.54. The van der Waals surface area contributed by atoms with Crippen LogP contribution >= 0.6 is 11.6 Å². The average Bonchev–Trinajstić information content (AvgIpc) is 3.12. The third kappa shape index (κ3) is 5.33. The van der Waals surface area contributed by atoms with E-state index < -0.39 is 0 Å². The molecule has 1 fully saturated rings. The van der Waals surface area contributed by atoms with Crippen molar-refractivity contribution in [2.24, 2.45) is 5.92 Å². The van der Waals surface area contributed by atoms with Crippen LogP contribution in [0.1, 0.15) is 47.9 Å². The Morgan fingerprint density at radius 2 is 2.07 bits per heavy atom. The van der Waals surface area contributed by atoms with Crippen molar-refractivity contribution in [3.05, 3.63) is 52.3 Å². The number of nitrogens with one attached hydrogen (secondary N) is 1. The van der Waals surface area contributed by atoms with E-state index in [0.717, 1.165) is 43.9 Å². The average molecular weight is 389 g/mol. The number of halogens is 1. The Labute approximate surface area is 166 Å². The highest BCUT2D eigenvalue weighted by molar-refractivity contribution is 6.31. The summed E-state index contributed by atoms with van der Waals surface area (Å²) >= 11 is 6.34. The molecule has 0 saturated carbocycles. The Balaban J connectivity index is 1.68. The van der Waals surface area contributed by atoms with Crippen LogP contribution in [0.4, 0.5) is 0 Å². The maximum Gasteiger partial charge on any atom is 0.274 e. The molecule has 1 saturated heterocycles. The van der Waals surface area contributed by atoms with E-state index in [1.807, 2.05) is 42.2 Å². The van der Waals surface area contributed by atoms with E-state index in [2.05, 4.69) is 22.0 Å². The van der Waals surface area contributed by atoms with Crippen LogP contribution in [0.25, 0.3) is 0 Å². The molecule has 0 bridgehead atoms. The van der Waals surface area contributed by atoms with Gasteiger partial charge in [-0.2, -0.15) is 5.10 Å². The molecule has 3 rings (SSSR count). The molecule has 27 heavy (non-hydrogen) atoms. The molecule has 0 radical (unpaired) electrons. The number of aromatic amines is 1. The van der Waals surface area contributed by atoms with Crippen LogP contribution in [0.2, 0.25) is 5.02 Å². The molecular formula is C21H29ClN4O. The Bertz CT molecular complexity index is 752. The highest BCUT2D eigenvalue weighted by Gasteiger charge is 2.23. The number of H-pyrrole nitrogens is 1. The highest BCUT2D eigenvalue weighted by Crippen LogP contribution is 2.23. The molecule has 5 nitrogen and oxygen atoms in total. The van der Waals surface area contributed by atoms with Gasteiger partial charge in [-0.15, -0.1) is 0 Å². The number of carbonyl (C=O) groups is 1. The summed E-state index contributed by atoms with van der Waals surface area (Å²) < 4.78 is 0. The van der Waals surface area contributed by atoms with Crippen LogP contribution in [0.5, 0.6) is 0 Å². The Kier molecular flexibility index (Phi) is 6.91. The Hall–Kier alpha value is -1.85. The van der Waals surface area contributed by atoms with Crippen LogP contribution in [-0.4, -0.2) is 52.1 Å². The fraction of sp³-hybridized carbons (Fsp3) is 0.524. The van der Waals surface area contributed by atoms with Crippen molar-refractivity contribution in [3.8, 4) is 0 Å². The van der Waals surface area contributed by atoms with Crippen molar-refractivity contribution in [1.82, 2.24) is 20.0 Å². The van der Waals surface area contributed by atoms with E-state index in [0.29, 0.717) is 23.2 Å². The number of likely N-dealkylation sites (tertiary alicyclic amines) is 1. The summed E-state index contributed by atoms with van der Waals surface area (Å²) in [4.78, 5) is 17.4. The molecule has 1 aromatic heterocycles. The lowest BCUT2D eigenvalue weighted by atomic mass is 9.93. The molecule has 0 atom stereocenters. The Morgan fingerprint density at radius 1 is 1.33 bits per heavy atom. The first-order valence-electron chi connectivity index (χ1n) is 9.84. The second kappa shape index (κ2) is 9.38. The minimum Gasteiger partial charge on any atom is -0.333 e. The van der Waals surface area contributed by atoms with E-state index in [1.165, 1.54) is 12.8 Å². The zero-order valence-corrected chi connectivity index (χ0v) is 17.0. The van der Waals surface area contributed by atoms with Gasteiger partial charge in [0, 0.05) is 23.8 Å². The third-order valence-corrected chi connectivity index (χ3v) is 5.86. The molecule has 1 aliphatic heterocycles. The summed E-state index contributed by atoms with van der Waals surface area (Å²) in [6.45, 7) is 8.82. The van der Waals surface area contributed by atoms with Gasteiger partial charge in [0.25, 0.3) is 5.91 Å². The largest absolute Gasteiger partial charge is 0.333 e. The lowest BCUT2D eigenvalue weighted by molar-refractivity contribution is 0.0716. The van der Waals surface area contributed by atoms with E-state index in [-0.39, 0.29) is 5.91 Å². The molecule has 0 unspecified atom stereocenters. The molecule has 1 aromatic carbocycles. The SMILES string of the molecule is CCN1CCC(CCN(Cc2ccccc2Cl)C(=O)c2cc(C)[nH]n2)CC1. The number of rotatable bonds is 7. The number of aryl methyl sites for hydroxylation is 1. The summed E-state index contributed by atoms with van der Waals surface area (Å²) in [5, 5.41) is 7.73. The summed E-state index contributed by atoms with van der Waals surface area (Å²) in [5.41, 5.74) is 2.34. The van der Waals surface area contributed by atoms with Crippen molar-refractivity contribution < 1.29 is 4.79 Å². The second-order valence-electron chi connectivity index (χ2n) is 7.42. The van der Waals surface area contributed by atoms with E-state index >= 15 is 0 Å². The number of hydrogen-bond acceptors (Lipinski definition) is 3. The van der Waals surface area contributed by atoms with Gasteiger partial charge >= 0.3 is 0 Å². The zero-order chi connectivity index (χ0) is 19.2. The number of aromatic nitrogens is 2. The monoisotopic (exact) mass is 388 g/mol. The van der Waals surface area contributed by atoms with Crippen molar-refractivity contribution in [3.63, 3.8) is 0 Å². The maximum absolute atomic E-state index is 13.0. The van der Waals surface area contributed by atoms with Gasteiger partial charge < -0.3 is 9.80 Å². The first-order valence-corrected chi connectivity index (χ1v) is 10.2. The first-order chi connectivity index (χ1) is 13.1. The van der Waals surface area contributed by atoms with Gasteiger partial charge in [0.2, 0.25) is 0 Å². The van der Waals surface area contributed by atoms with Crippen molar-refractivity contribution >= 4 is 17.5 Å². The molecular weight excluding hydrogens is 360 g/mol. The molecule has 1 amide bonds. The number of amides is 1. The third-order valence-electron chi connectivity index (χ3n) is 5.49. The molecule has 2 heterocycles. The fourth-order valence-electron chi connectivity index (χ4n) is 3.70. The molecule has 0 aliphatic carbocycles. The number of hydrogen-bond donors (Lipinski definition) is 1. The van der Waals surface area contributed by atoms with E-state index in [4.69, 9.17) is 11.6 Å². The zero-order valence-electron chi connectivity index (χ0n) is 16.2. The molecule has 1 aliphatic rings. The van der Waals surface area contributed by atoms with Crippen LogP contribution in [0.15, 0.2) is 30.3 Å². The smallest absolute Gasteiger partial charge is 0.274 e. The standard InChI is InChI=1S/C21H29ClN4O/c1-3-25-11-8-17(9-12-25)10-13-26(15-18-6-4-5-7-19(18)22)21(27)20-14-16(2)23-24-20/h4-7,14,17H,3,8-13,15H2,1-2H3,(H,23,24). The molecule has 2 aromatic rings. The molecule has 0 spiro atoms. The maximum atomic E-state index is 13.0. The lowest BCUT2D eigenvalue weighted by Gasteiger charge is -2.32. The highest BCUT2D eigenvalue weighted by atomic mass is 35.5. The van der Waals surface area contributed by atoms with Gasteiger partial charge in [-0.25, -0.2) is 0 Å². The minimum atomic E-state index is -0.0368. The fourth-order valence-corrected chi connectivity index (χ4v) is 3.90. The van der Waals surface area contributed by atoms with Gasteiger partial charge in [0.05, 0.1) is 0 Å². The van der Waals surface area contributed by atoms with Crippen LogP contribution in [0.3, 0.4) is 0 Å². The summed E-state index contributed by atoms with van der Waals surface area (Å²) in [6.07, 6.45) is 3.45. The van der Waals surface area contributed by atoms with Crippen molar-refractivity contribution in [2.45, 2.75) is 39.7 Å². The van der Waals surface area contributed by atoms with Gasteiger partial charge in [-0.3, -0.25) is 9.89 Å². The number of nitrogens with zero attached hydrogens (tertiary/aromatic N) is 3. The summed E-state index contributed by atoms with van der Waals surface area (Å²) in [5.74, 6) is 0.639. The van der Waals surface area contributed by atoms with E-state index in [1.54, 1.807) is 0 Å².